The highest BCUT2D eigenvalue weighted by atomic mass is 16.3. The Morgan fingerprint density at radius 2 is 1.91 bits per heavy atom. The van der Waals surface area contributed by atoms with Crippen molar-refractivity contribution in [3.8, 4) is 0 Å². The molecule has 0 heterocycles. The SMILES string of the molecule is CCCCCC(O)CN(C)C. The van der Waals surface area contributed by atoms with E-state index in [-0.39, 0.29) is 6.10 Å². The number of rotatable bonds is 6. The van der Waals surface area contributed by atoms with Crippen LogP contribution >= 0.6 is 0 Å². The summed E-state index contributed by atoms with van der Waals surface area (Å²) in [6.45, 7) is 2.97. The lowest BCUT2D eigenvalue weighted by Crippen LogP contribution is -2.25. The Balaban J connectivity index is 3.15. The molecule has 0 aromatic carbocycles. The zero-order chi connectivity index (χ0) is 8.69. The summed E-state index contributed by atoms with van der Waals surface area (Å²) in [5.74, 6) is 0. The van der Waals surface area contributed by atoms with Gasteiger partial charge in [-0.25, -0.2) is 0 Å². The highest BCUT2D eigenvalue weighted by Gasteiger charge is 2.03. The lowest BCUT2D eigenvalue weighted by molar-refractivity contribution is 0.125. The van der Waals surface area contributed by atoms with Crippen molar-refractivity contribution in [1.29, 1.82) is 0 Å². The summed E-state index contributed by atoms with van der Waals surface area (Å²) in [4.78, 5) is 2.02. The van der Waals surface area contributed by atoms with Crippen molar-refractivity contribution in [3.63, 3.8) is 0 Å². The van der Waals surface area contributed by atoms with Crippen molar-refractivity contribution >= 4 is 0 Å². The van der Waals surface area contributed by atoms with Crippen LogP contribution in [-0.4, -0.2) is 36.8 Å². The van der Waals surface area contributed by atoms with E-state index in [1.54, 1.807) is 0 Å². The van der Waals surface area contributed by atoms with Gasteiger partial charge in [0.05, 0.1) is 6.10 Å². The Hall–Kier alpha value is -0.0800. The van der Waals surface area contributed by atoms with Crippen LogP contribution < -0.4 is 0 Å². The second kappa shape index (κ2) is 6.62. The third-order valence-corrected chi connectivity index (χ3v) is 1.72. The van der Waals surface area contributed by atoms with Gasteiger partial charge in [-0.3, -0.25) is 0 Å². The molecule has 1 unspecified atom stereocenters. The molecule has 1 atom stereocenters. The van der Waals surface area contributed by atoms with Crippen LogP contribution in [0.25, 0.3) is 0 Å². The monoisotopic (exact) mass is 159 g/mol. The second-order valence-electron chi connectivity index (χ2n) is 3.41. The summed E-state index contributed by atoms with van der Waals surface area (Å²) < 4.78 is 0. The smallest absolute Gasteiger partial charge is 0.0666 e. The van der Waals surface area contributed by atoms with Gasteiger partial charge in [-0.15, -0.1) is 0 Å². The van der Waals surface area contributed by atoms with Gasteiger partial charge in [0, 0.05) is 6.54 Å². The van der Waals surface area contributed by atoms with Crippen LogP contribution in [0.4, 0.5) is 0 Å². The van der Waals surface area contributed by atoms with Gasteiger partial charge in [-0.05, 0) is 20.5 Å². The standard InChI is InChI=1S/C9H21NO/c1-4-5-6-7-9(11)8-10(2)3/h9,11H,4-8H2,1-3H3. The molecule has 0 aromatic rings. The first kappa shape index (κ1) is 10.9. The predicted octanol–water partition coefficient (Wildman–Crippen LogP) is 1.49. The van der Waals surface area contributed by atoms with Gasteiger partial charge in [-0.2, -0.15) is 0 Å². The summed E-state index contributed by atoms with van der Waals surface area (Å²) in [7, 11) is 3.98. The number of aliphatic hydroxyl groups excluding tert-OH is 1. The quantitative estimate of drug-likeness (QED) is 0.593. The Kier molecular flexibility index (Phi) is 6.57. The predicted molar refractivity (Wildman–Crippen MR) is 48.7 cm³/mol. The van der Waals surface area contributed by atoms with Crippen LogP contribution in [0.1, 0.15) is 32.6 Å². The molecule has 0 aliphatic rings. The molecule has 0 aliphatic heterocycles. The maximum Gasteiger partial charge on any atom is 0.0666 e. The number of hydrogen-bond donors (Lipinski definition) is 1. The third kappa shape index (κ3) is 7.82. The number of hydrogen-bond acceptors (Lipinski definition) is 2. The minimum Gasteiger partial charge on any atom is -0.392 e. The Bertz CT molecular complexity index is 83.6. The molecule has 0 radical (unpaired) electrons. The molecule has 11 heavy (non-hydrogen) atoms. The molecule has 2 nitrogen and oxygen atoms in total. The molecule has 1 N–H and O–H groups in total. The first-order valence-corrected chi connectivity index (χ1v) is 4.49. The van der Waals surface area contributed by atoms with Gasteiger partial charge in [0.2, 0.25) is 0 Å². The molecule has 0 amide bonds. The van der Waals surface area contributed by atoms with Gasteiger partial charge in [0.15, 0.2) is 0 Å². The Morgan fingerprint density at radius 3 is 2.36 bits per heavy atom. The van der Waals surface area contributed by atoms with Crippen molar-refractivity contribution < 1.29 is 5.11 Å². The van der Waals surface area contributed by atoms with Crippen molar-refractivity contribution in [3.05, 3.63) is 0 Å². The number of nitrogens with zero attached hydrogens (tertiary/aromatic N) is 1. The summed E-state index contributed by atoms with van der Waals surface area (Å²) in [6, 6.07) is 0. The molecular weight excluding hydrogens is 138 g/mol. The van der Waals surface area contributed by atoms with Crippen LogP contribution in [0.3, 0.4) is 0 Å². The number of aliphatic hydroxyl groups is 1. The average Bonchev–Trinajstić information content (AvgIpc) is 1.86. The number of unbranched alkanes of at least 4 members (excludes halogenated alkanes) is 2. The summed E-state index contributed by atoms with van der Waals surface area (Å²) in [6.07, 6.45) is 4.45. The summed E-state index contributed by atoms with van der Waals surface area (Å²) in [5.41, 5.74) is 0. The van der Waals surface area contributed by atoms with Crippen LogP contribution in [0.15, 0.2) is 0 Å². The molecule has 0 aliphatic carbocycles. The largest absolute Gasteiger partial charge is 0.392 e. The molecule has 2 heteroatoms. The fourth-order valence-electron chi connectivity index (χ4n) is 1.14. The topological polar surface area (TPSA) is 23.5 Å². The minimum atomic E-state index is -0.128. The van der Waals surface area contributed by atoms with Gasteiger partial charge in [0.25, 0.3) is 0 Å². The fourth-order valence-corrected chi connectivity index (χ4v) is 1.14. The normalized spacial score (nSPS) is 13.9. The van der Waals surface area contributed by atoms with E-state index in [1.807, 2.05) is 19.0 Å². The highest BCUT2D eigenvalue weighted by molar-refractivity contribution is 4.58. The molecule has 68 valence electrons. The lowest BCUT2D eigenvalue weighted by Gasteiger charge is -2.15. The van der Waals surface area contributed by atoms with Crippen molar-refractivity contribution in [1.82, 2.24) is 4.90 Å². The van der Waals surface area contributed by atoms with E-state index in [1.165, 1.54) is 12.8 Å². The molecule has 0 bridgehead atoms. The Morgan fingerprint density at radius 1 is 1.27 bits per heavy atom. The van der Waals surface area contributed by atoms with Crippen LogP contribution in [-0.2, 0) is 0 Å². The van der Waals surface area contributed by atoms with E-state index in [2.05, 4.69) is 6.92 Å². The fraction of sp³-hybridized carbons (Fsp3) is 1.00. The maximum absolute atomic E-state index is 9.40. The second-order valence-corrected chi connectivity index (χ2v) is 3.41. The molecule has 0 aromatic heterocycles. The van der Waals surface area contributed by atoms with Crippen LogP contribution in [0, 0.1) is 0 Å². The summed E-state index contributed by atoms with van der Waals surface area (Å²) >= 11 is 0. The van der Waals surface area contributed by atoms with E-state index >= 15 is 0 Å². The zero-order valence-electron chi connectivity index (χ0n) is 8.01. The highest BCUT2D eigenvalue weighted by Crippen LogP contribution is 2.03. The van der Waals surface area contributed by atoms with Gasteiger partial charge >= 0.3 is 0 Å². The lowest BCUT2D eigenvalue weighted by atomic mass is 10.1. The van der Waals surface area contributed by atoms with Crippen LogP contribution in [0.2, 0.25) is 0 Å². The molecule has 0 saturated carbocycles. The first-order chi connectivity index (χ1) is 5.16. The van der Waals surface area contributed by atoms with Crippen molar-refractivity contribution in [2.75, 3.05) is 20.6 Å². The van der Waals surface area contributed by atoms with Gasteiger partial charge in [0.1, 0.15) is 0 Å². The van der Waals surface area contributed by atoms with Gasteiger partial charge < -0.3 is 10.0 Å². The van der Waals surface area contributed by atoms with Gasteiger partial charge in [-0.1, -0.05) is 26.2 Å². The summed E-state index contributed by atoms with van der Waals surface area (Å²) in [5, 5.41) is 9.40. The third-order valence-electron chi connectivity index (χ3n) is 1.72. The minimum absolute atomic E-state index is 0.128. The number of likely N-dealkylation sites (N-methyl/N-ethyl adjacent to an activating group) is 1. The van der Waals surface area contributed by atoms with E-state index < -0.39 is 0 Å². The molecular formula is C9H21NO. The first-order valence-electron chi connectivity index (χ1n) is 4.49. The average molecular weight is 159 g/mol. The maximum atomic E-state index is 9.40. The van der Waals surface area contributed by atoms with E-state index in [0.717, 1.165) is 19.4 Å². The van der Waals surface area contributed by atoms with Crippen molar-refractivity contribution in [2.24, 2.45) is 0 Å². The molecule has 0 rings (SSSR count). The van der Waals surface area contributed by atoms with E-state index in [0.29, 0.717) is 0 Å². The van der Waals surface area contributed by atoms with E-state index in [4.69, 9.17) is 0 Å². The zero-order valence-corrected chi connectivity index (χ0v) is 8.01. The Labute approximate surface area is 70.2 Å². The van der Waals surface area contributed by atoms with Crippen molar-refractivity contribution in [2.45, 2.75) is 38.7 Å². The molecule has 0 fully saturated rings. The van der Waals surface area contributed by atoms with Crippen LogP contribution in [0.5, 0.6) is 0 Å². The molecule has 0 spiro atoms. The van der Waals surface area contributed by atoms with E-state index in [9.17, 15) is 5.11 Å². The molecule has 0 saturated heterocycles.